The highest BCUT2D eigenvalue weighted by Gasteiger charge is 2.67. The first-order valence-electron chi connectivity index (χ1n) is 11.9. The van der Waals surface area contributed by atoms with Gasteiger partial charge in [0.05, 0.1) is 41.7 Å². The van der Waals surface area contributed by atoms with Crippen molar-refractivity contribution in [1.29, 1.82) is 10.5 Å². The molecule has 4 heterocycles. The second-order valence-corrected chi connectivity index (χ2v) is 10.4. The number of nitriles is 2. The molecule has 2 aromatic rings. The fourth-order valence-electron chi connectivity index (χ4n) is 7.89. The molecule has 6 atom stereocenters. The van der Waals surface area contributed by atoms with Crippen LogP contribution in [0.2, 0.25) is 0 Å². The van der Waals surface area contributed by atoms with E-state index < -0.39 is 0 Å². The molecule has 2 aromatic carbocycles. The Kier molecular flexibility index (Phi) is 3.19. The summed E-state index contributed by atoms with van der Waals surface area (Å²) >= 11 is 0. The summed E-state index contributed by atoms with van der Waals surface area (Å²) in [5.74, 6) is 0.506. The van der Waals surface area contributed by atoms with Crippen LogP contribution in [0, 0.1) is 28.1 Å². The Balaban J connectivity index is 1.35. The van der Waals surface area contributed by atoms with Crippen molar-refractivity contribution >= 4 is 12.0 Å². The van der Waals surface area contributed by atoms with E-state index in [2.05, 4.69) is 76.6 Å². The van der Waals surface area contributed by atoms with Gasteiger partial charge in [-0.1, -0.05) is 17.7 Å². The van der Waals surface area contributed by atoms with Gasteiger partial charge >= 0.3 is 0 Å². The van der Waals surface area contributed by atoms with Crippen molar-refractivity contribution in [3.05, 3.63) is 88.3 Å². The normalized spacial score (nSPS) is 34.5. The van der Waals surface area contributed by atoms with E-state index in [0.717, 1.165) is 18.5 Å². The van der Waals surface area contributed by atoms with Crippen LogP contribution in [-0.4, -0.2) is 41.9 Å². The van der Waals surface area contributed by atoms with E-state index in [9.17, 15) is 10.5 Å². The van der Waals surface area contributed by atoms with Gasteiger partial charge in [0.25, 0.3) is 0 Å². The lowest BCUT2D eigenvalue weighted by atomic mass is 9.51. The minimum Gasteiger partial charge on any atom is -0.360 e. The standard InChI is InChI=1S/C28H22N6/c1-32-15-31-25-18-4-2-16(13-29)10-19(18)24(26(25)32)22-12-21-20-11-17(14-30)3-5-23(20)34-9-8-33-7-6-28(21,22)27(33)34/h2-5,8-12,15,21,24-27H,6-7H2,1H3. The molecule has 1 fully saturated rings. The molecule has 0 amide bonds. The Bertz CT molecular complexity index is 1470. The first-order chi connectivity index (χ1) is 16.7. The molecule has 0 saturated carbocycles. The molecule has 0 aromatic heterocycles. The van der Waals surface area contributed by atoms with E-state index in [4.69, 9.17) is 4.99 Å². The van der Waals surface area contributed by atoms with Crippen molar-refractivity contribution in [2.45, 2.75) is 36.5 Å². The molecule has 0 bridgehead atoms. The summed E-state index contributed by atoms with van der Waals surface area (Å²) in [6.07, 6.45) is 10.3. The number of nitrogens with zero attached hydrogens (tertiary/aromatic N) is 6. The highest BCUT2D eigenvalue weighted by molar-refractivity contribution is 5.72. The Labute approximate surface area is 198 Å². The molecule has 0 N–H and O–H groups in total. The van der Waals surface area contributed by atoms with Crippen molar-refractivity contribution in [2.24, 2.45) is 10.4 Å². The van der Waals surface area contributed by atoms with Crippen LogP contribution in [0.3, 0.4) is 0 Å². The molecular weight excluding hydrogens is 420 g/mol. The number of rotatable bonds is 1. The summed E-state index contributed by atoms with van der Waals surface area (Å²) in [7, 11) is 2.13. The summed E-state index contributed by atoms with van der Waals surface area (Å²) in [5.41, 5.74) is 7.94. The minimum atomic E-state index is -0.00646. The lowest BCUT2D eigenvalue weighted by Crippen LogP contribution is -2.58. The molecule has 1 spiro atoms. The number of aliphatic imine (C=N–C) groups is 1. The Morgan fingerprint density at radius 3 is 2.62 bits per heavy atom. The highest BCUT2D eigenvalue weighted by atomic mass is 15.4. The average molecular weight is 443 g/mol. The Morgan fingerprint density at radius 2 is 1.79 bits per heavy atom. The monoisotopic (exact) mass is 442 g/mol. The van der Waals surface area contributed by atoms with Gasteiger partial charge in [0.15, 0.2) is 0 Å². The van der Waals surface area contributed by atoms with Crippen LogP contribution < -0.4 is 4.90 Å². The maximum absolute atomic E-state index is 9.64. The van der Waals surface area contributed by atoms with Crippen molar-refractivity contribution in [1.82, 2.24) is 9.80 Å². The van der Waals surface area contributed by atoms with E-state index in [-0.39, 0.29) is 29.6 Å². The smallest absolute Gasteiger partial charge is 0.116 e. The first kappa shape index (κ1) is 18.4. The van der Waals surface area contributed by atoms with Crippen LogP contribution in [0.5, 0.6) is 0 Å². The number of allylic oxidation sites excluding steroid dienone is 1. The SMILES string of the molecule is CN1C=NC2c3ccc(C#N)cc3C(C3=CC4c5cc(C#N)ccc5N5C=CN6CCC34C65)C21. The van der Waals surface area contributed by atoms with Crippen molar-refractivity contribution in [3.63, 3.8) is 0 Å². The summed E-state index contributed by atoms with van der Waals surface area (Å²) in [6.45, 7) is 1.03. The van der Waals surface area contributed by atoms with E-state index >= 15 is 0 Å². The van der Waals surface area contributed by atoms with Gasteiger partial charge in [-0.3, -0.25) is 4.99 Å². The third-order valence-electron chi connectivity index (χ3n) is 9.20. The van der Waals surface area contributed by atoms with Crippen LogP contribution in [0.4, 0.5) is 5.69 Å². The zero-order valence-corrected chi connectivity index (χ0v) is 18.8. The van der Waals surface area contributed by atoms with Gasteiger partial charge < -0.3 is 14.7 Å². The molecular formula is C28H22N6. The molecule has 164 valence electrons. The molecule has 6 heteroatoms. The predicted octanol–water partition coefficient (Wildman–Crippen LogP) is 3.96. The summed E-state index contributed by atoms with van der Waals surface area (Å²) in [5, 5.41) is 19.2. The summed E-state index contributed by atoms with van der Waals surface area (Å²) in [4.78, 5) is 12.1. The van der Waals surface area contributed by atoms with E-state index in [0.29, 0.717) is 11.5 Å². The van der Waals surface area contributed by atoms with Gasteiger partial charge in [-0.15, -0.1) is 0 Å². The number of anilines is 1. The number of hydrogen-bond donors (Lipinski definition) is 0. The number of likely N-dealkylation sites (N-methyl/N-ethyl adjacent to an activating group) is 1. The minimum absolute atomic E-state index is 0.00646. The van der Waals surface area contributed by atoms with E-state index in [1.165, 1.54) is 28.0 Å². The Hall–Kier alpha value is -4.03. The lowest BCUT2D eigenvalue weighted by Gasteiger charge is -2.58. The van der Waals surface area contributed by atoms with Gasteiger partial charge in [0.1, 0.15) is 6.17 Å². The predicted molar refractivity (Wildman–Crippen MR) is 128 cm³/mol. The topological polar surface area (TPSA) is 69.7 Å². The second-order valence-electron chi connectivity index (χ2n) is 10.4. The molecule has 6 aliphatic rings. The van der Waals surface area contributed by atoms with Crippen LogP contribution >= 0.6 is 0 Å². The summed E-state index contributed by atoms with van der Waals surface area (Å²) < 4.78 is 0. The zero-order valence-electron chi connectivity index (χ0n) is 18.8. The molecule has 0 radical (unpaired) electrons. The van der Waals surface area contributed by atoms with E-state index in [1.807, 2.05) is 18.5 Å². The molecule has 8 rings (SSSR count). The first-order valence-corrected chi connectivity index (χ1v) is 11.9. The molecule has 4 aliphatic heterocycles. The maximum atomic E-state index is 9.64. The summed E-state index contributed by atoms with van der Waals surface area (Å²) in [6, 6.07) is 17.4. The number of benzene rings is 2. The number of fused-ring (bicyclic) bond motifs is 6. The van der Waals surface area contributed by atoms with Gasteiger partial charge in [0, 0.05) is 48.9 Å². The molecule has 6 unspecified atom stereocenters. The average Bonchev–Trinajstić information content (AvgIpc) is 3.60. The lowest BCUT2D eigenvalue weighted by molar-refractivity contribution is 0.163. The number of hydrogen-bond acceptors (Lipinski definition) is 6. The molecule has 34 heavy (non-hydrogen) atoms. The molecule has 1 saturated heterocycles. The van der Waals surface area contributed by atoms with Crippen LogP contribution in [0.25, 0.3) is 0 Å². The maximum Gasteiger partial charge on any atom is 0.116 e. The van der Waals surface area contributed by atoms with Gasteiger partial charge in [-0.2, -0.15) is 10.5 Å². The zero-order chi connectivity index (χ0) is 22.8. The second kappa shape index (κ2) is 5.90. The van der Waals surface area contributed by atoms with Crippen molar-refractivity contribution < 1.29 is 0 Å². The molecule has 2 aliphatic carbocycles. The van der Waals surface area contributed by atoms with Crippen LogP contribution in [0.15, 0.2) is 65.4 Å². The van der Waals surface area contributed by atoms with Crippen molar-refractivity contribution in [3.8, 4) is 12.1 Å². The quantitative estimate of drug-likeness (QED) is 0.626. The van der Waals surface area contributed by atoms with Gasteiger partial charge in [0.2, 0.25) is 0 Å². The van der Waals surface area contributed by atoms with Gasteiger partial charge in [-0.05, 0) is 53.4 Å². The third kappa shape index (κ3) is 1.88. The van der Waals surface area contributed by atoms with Crippen LogP contribution in [0.1, 0.15) is 52.1 Å². The van der Waals surface area contributed by atoms with Crippen LogP contribution in [-0.2, 0) is 0 Å². The molecule has 6 nitrogen and oxygen atoms in total. The third-order valence-corrected chi connectivity index (χ3v) is 9.20. The van der Waals surface area contributed by atoms with Gasteiger partial charge in [-0.25, -0.2) is 0 Å². The fraction of sp³-hybridized carbons (Fsp3) is 0.321. The Morgan fingerprint density at radius 1 is 1.00 bits per heavy atom. The van der Waals surface area contributed by atoms with Crippen molar-refractivity contribution in [2.75, 3.05) is 18.5 Å². The largest absolute Gasteiger partial charge is 0.360 e. The fourth-order valence-corrected chi connectivity index (χ4v) is 7.89. The van der Waals surface area contributed by atoms with E-state index in [1.54, 1.807) is 0 Å². The highest BCUT2D eigenvalue weighted by Crippen LogP contribution is 2.71.